The smallest absolute Gasteiger partial charge is 0.258 e. The molecule has 0 spiro atoms. The molecule has 0 aliphatic carbocycles. The number of aromatic nitrogens is 1. The van der Waals surface area contributed by atoms with Gasteiger partial charge < -0.3 is 10.2 Å². The first kappa shape index (κ1) is 13.3. The van der Waals surface area contributed by atoms with Gasteiger partial charge in [0.1, 0.15) is 5.82 Å². The molecule has 0 aromatic carbocycles. The van der Waals surface area contributed by atoms with E-state index in [-0.39, 0.29) is 11.4 Å². The van der Waals surface area contributed by atoms with Gasteiger partial charge in [-0.3, -0.25) is 4.79 Å². The molecule has 2 rings (SSSR count). The molecule has 4 nitrogen and oxygen atoms in total. The van der Waals surface area contributed by atoms with Gasteiger partial charge in [-0.15, -0.1) is 0 Å². The van der Waals surface area contributed by atoms with E-state index in [2.05, 4.69) is 40.1 Å². The Labute approximate surface area is 116 Å². The zero-order valence-electron chi connectivity index (χ0n) is 11.0. The maximum absolute atomic E-state index is 12.6. The number of hydrogen-bond donors (Lipinski definition) is 1. The van der Waals surface area contributed by atoms with E-state index in [4.69, 9.17) is 0 Å². The highest BCUT2D eigenvalue weighted by molar-refractivity contribution is 9.10. The van der Waals surface area contributed by atoms with Gasteiger partial charge in [-0.2, -0.15) is 0 Å². The second-order valence-electron chi connectivity index (χ2n) is 5.17. The highest BCUT2D eigenvalue weighted by atomic mass is 79.9. The Balaban J connectivity index is 2.37. The topological polar surface area (TPSA) is 45.2 Å². The number of rotatable bonds is 2. The van der Waals surface area contributed by atoms with Crippen LogP contribution < -0.4 is 5.32 Å². The lowest BCUT2D eigenvalue weighted by Crippen LogP contribution is -2.42. The van der Waals surface area contributed by atoms with Gasteiger partial charge >= 0.3 is 0 Å². The molecule has 0 saturated carbocycles. The van der Waals surface area contributed by atoms with Crippen LogP contribution >= 0.6 is 15.9 Å². The Hall–Kier alpha value is -1.10. The van der Waals surface area contributed by atoms with Crippen molar-refractivity contribution in [1.82, 2.24) is 9.88 Å². The predicted molar refractivity (Wildman–Crippen MR) is 75.8 cm³/mol. The summed E-state index contributed by atoms with van der Waals surface area (Å²) in [6, 6.07) is 1.83. The number of anilines is 1. The highest BCUT2D eigenvalue weighted by Crippen LogP contribution is 2.31. The van der Waals surface area contributed by atoms with Crippen LogP contribution in [-0.2, 0) is 0 Å². The lowest BCUT2D eigenvalue weighted by atomic mass is 10.0. The van der Waals surface area contributed by atoms with Crippen LogP contribution in [-0.4, -0.2) is 34.9 Å². The van der Waals surface area contributed by atoms with Crippen molar-refractivity contribution >= 4 is 27.7 Å². The van der Waals surface area contributed by atoms with Crippen LogP contribution in [0.5, 0.6) is 0 Å². The molecule has 1 fully saturated rings. The van der Waals surface area contributed by atoms with Gasteiger partial charge in [0.2, 0.25) is 0 Å². The molecule has 18 heavy (non-hydrogen) atoms. The second kappa shape index (κ2) is 4.88. The van der Waals surface area contributed by atoms with Crippen molar-refractivity contribution < 1.29 is 4.79 Å². The summed E-state index contributed by atoms with van der Waals surface area (Å²) in [5, 5.41) is 2.98. The molecule has 1 aromatic rings. The maximum atomic E-state index is 12.6. The molecule has 0 radical (unpaired) electrons. The average molecular weight is 312 g/mol. The molecule has 5 heteroatoms. The molecule has 2 heterocycles. The molecular formula is C13H18BrN3O. The third kappa shape index (κ3) is 2.36. The van der Waals surface area contributed by atoms with Crippen molar-refractivity contribution in [3.8, 4) is 0 Å². The fourth-order valence-electron chi connectivity index (χ4n) is 2.43. The van der Waals surface area contributed by atoms with E-state index in [0.717, 1.165) is 23.9 Å². The molecule has 1 N–H and O–H groups in total. The first-order valence-electron chi connectivity index (χ1n) is 6.11. The van der Waals surface area contributed by atoms with Crippen LogP contribution in [0.15, 0.2) is 16.7 Å². The predicted octanol–water partition coefficient (Wildman–Crippen LogP) is 2.90. The van der Waals surface area contributed by atoms with E-state index in [1.807, 2.05) is 11.0 Å². The van der Waals surface area contributed by atoms with Gasteiger partial charge in [0, 0.05) is 29.8 Å². The lowest BCUT2D eigenvalue weighted by Gasteiger charge is -2.32. The van der Waals surface area contributed by atoms with Crippen molar-refractivity contribution in [2.24, 2.45) is 0 Å². The monoisotopic (exact) mass is 311 g/mol. The fraction of sp³-hybridized carbons (Fsp3) is 0.538. The van der Waals surface area contributed by atoms with Gasteiger partial charge in [0.05, 0.1) is 5.56 Å². The standard InChI is InChI=1S/C13H18BrN3O/c1-13(2)5-4-6-17(13)12(18)10-7-9(14)8-16-11(10)15-3/h7-8H,4-6H2,1-3H3,(H,15,16). The Morgan fingerprint density at radius 2 is 2.28 bits per heavy atom. The minimum Gasteiger partial charge on any atom is -0.372 e. The number of carbonyl (C=O) groups excluding carboxylic acids is 1. The van der Waals surface area contributed by atoms with Crippen LogP contribution in [0.3, 0.4) is 0 Å². The normalized spacial score (nSPS) is 17.9. The summed E-state index contributed by atoms with van der Waals surface area (Å²) in [6.07, 6.45) is 3.81. The van der Waals surface area contributed by atoms with Crippen LogP contribution in [0.2, 0.25) is 0 Å². The molecule has 98 valence electrons. The van der Waals surface area contributed by atoms with Crippen molar-refractivity contribution in [3.63, 3.8) is 0 Å². The Morgan fingerprint density at radius 1 is 1.56 bits per heavy atom. The molecule has 1 amide bonds. The molecule has 0 atom stereocenters. The summed E-state index contributed by atoms with van der Waals surface area (Å²) in [6.45, 7) is 5.05. The van der Waals surface area contributed by atoms with Crippen molar-refractivity contribution in [2.45, 2.75) is 32.2 Å². The van der Waals surface area contributed by atoms with Crippen LogP contribution in [0.25, 0.3) is 0 Å². The van der Waals surface area contributed by atoms with E-state index in [1.54, 1.807) is 13.2 Å². The van der Waals surface area contributed by atoms with Gasteiger partial charge in [0.25, 0.3) is 5.91 Å². The zero-order chi connectivity index (χ0) is 13.3. The third-order valence-electron chi connectivity index (χ3n) is 3.47. The summed E-state index contributed by atoms with van der Waals surface area (Å²) in [5.74, 6) is 0.682. The molecule has 0 bridgehead atoms. The minimum absolute atomic E-state index is 0.0515. The van der Waals surface area contributed by atoms with Gasteiger partial charge in [-0.05, 0) is 48.7 Å². The van der Waals surface area contributed by atoms with E-state index in [0.29, 0.717) is 11.4 Å². The number of nitrogens with zero attached hydrogens (tertiary/aromatic N) is 2. The largest absolute Gasteiger partial charge is 0.372 e. The Kier molecular flexibility index (Phi) is 3.61. The first-order valence-corrected chi connectivity index (χ1v) is 6.90. The van der Waals surface area contributed by atoms with Crippen LogP contribution in [0, 0.1) is 0 Å². The van der Waals surface area contributed by atoms with Crippen molar-refractivity contribution in [1.29, 1.82) is 0 Å². The summed E-state index contributed by atoms with van der Waals surface area (Å²) in [4.78, 5) is 18.8. The van der Waals surface area contributed by atoms with Crippen LogP contribution in [0.4, 0.5) is 5.82 Å². The van der Waals surface area contributed by atoms with Gasteiger partial charge in [-0.1, -0.05) is 0 Å². The number of amides is 1. The quantitative estimate of drug-likeness (QED) is 0.913. The number of likely N-dealkylation sites (tertiary alicyclic amines) is 1. The lowest BCUT2D eigenvalue weighted by molar-refractivity contribution is 0.0652. The summed E-state index contributed by atoms with van der Waals surface area (Å²) >= 11 is 3.37. The van der Waals surface area contributed by atoms with E-state index in [1.165, 1.54) is 0 Å². The number of nitrogens with one attached hydrogen (secondary N) is 1. The Morgan fingerprint density at radius 3 is 2.83 bits per heavy atom. The second-order valence-corrected chi connectivity index (χ2v) is 6.09. The Bertz CT molecular complexity index is 473. The molecule has 1 aromatic heterocycles. The number of halogens is 1. The van der Waals surface area contributed by atoms with Gasteiger partial charge in [0.15, 0.2) is 0 Å². The molecule has 1 aliphatic rings. The van der Waals surface area contributed by atoms with Crippen molar-refractivity contribution in [2.75, 3.05) is 18.9 Å². The fourth-order valence-corrected chi connectivity index (χ4v) is 2.76. The third-order valence-corrected chi connectivity index (χ3v) is 3.90. The summed E-state index contributed by atoms with van der Waals surface area (Å²) in [5.41, 5.74) is 0.562. The number of hydrogen-bond acceptors (Lipinski definition) is 3. The molecular weight excluding hydrogens is 294 g/mol. The van der Waals surface area contributed by atoms with Gasteiger partial charge in [-0.25, -0.2) is 4.98 Å². The number of carbonyl (C=O) groups is 1. The van der Waals surface area contributed by atoms with E-state index < -0.39 is 0 Å². The highest BCUT2D eigenvalue weighted by Gasteiger charge is 2.36. The van der Waals surface area contributed by atoms with Crippen molar-refractivity contribution in [3.05, 3.63) is 22.3 Å². The van der Waals surface area contributed by atoms with E-state index in [9.17, 15) is 4.79 Å². The zero-order valence-corrected chi connectivity index (χ0v) is 12.5. The number of pyridine rings is 1. The average Bonchev–Trinajstić information content (AvgIpc) is 2.68. The SMILES string of the molecule is CNc1ncc(Br)cc1C(=O)N1CCCC1(C)C. The molecule has 1 aliphatic heterocycles. The minimum atomic E-state index is -0.0651. The van der Waals surface area contributed by atoms with Crippen LogP contribution in [0.1, 0.15) is 37.0 Å². The molecule has 1 saturated heterocycles. The summed E-state index contributed by atoms with van der Waals surface area (Å²) < 4.78 is 0.821. The maximum Gasteiger partial charge on any atom is 0.258 e. The summed E-state index contributed by atoms with van der Waals surface area (Å²) in [7, 11) is 1.78. The first-order chi connectivity index (χ1) is 8.45. The molecule has 0 unspecified atom stereocenters. The van der Waals surface area contributed by atoms with E-state index >= 15 is 0 Å².